The Labute approximate surface area is 160 Å². The van der Waals surface area contributed by atoms with Crippen LogP contribution in [0.3, 0.4) is 0 Å². The van der Waals surface area contributed by atoms with Gasteiger partial charge in [0.1, 0.15) is 28.5 Å². The molecule has 3 aromatic rings. The van der Waals surface area contributed by atoms with Gasteiger partial charge in [0.2, 0.25) is 10.0 Å². The van der Waals surface area contributed by atoms with Crippen molar-refractivity contribution in [3.8, 4) is 17.1 Å². The van der Waals surface area contributed by atoms with Gasteiger partial charge in [0.25, 0.3) is 0 Å². The molecule has 148 valence electrons. The second kappa shape index (κ2) is 7.16. The van der Waals surface area contributed by atoms with Crippen molar-refractivity contribution in [3.63, 3.8) is 0 Å². The Morgan fingerprint density at radius 3 is 2.39 bits per heavy atom. The number of carbonyl (C=O) groups is 1. The molecule has 0 spiro atoms. The van der Waals surface area contributed by atoms with Crippen LogP contribution in [0, 0.1) is 5.82 Å². The second-order valence-corrected chi connectivity index (χ2v) is 8.25. The number of anilines is 1. The van der Waals surface area contributed by atoms with Crippen LogP contribution in [-0.4, -0.2) is 31.9 Å². The molecule has 0 aliphatic carbocycles. The number of ether oxygens (including phenoxy) is 1. The predicted molar refractivity (Wildman–Crippen MR) is 103 cm³/mol. The summed E-state index contributed by atoms with van der Waals surface area (Å²) in [7, 11) is -3.61. The molecule has 0 fully saturated rings. The maximum atomic E-state index is 13.2. The van der Waals surface area contributed by atoms with E-state index in [9.17, 15) is 22.7 Å². The van der Waals surface area contributed by atoms with E-state index in [0.29, 0.717) is 5.56 Å². The van der Waals surface area contributed by atoms with E-state index in [1.807, 2.05) is 0 Å². The van der Waals surface area contributed by atoms with E-state index in [0.717, 1.165) is 6.26 Å². The van der Waals surface area contributed by atoms with E-state index >= 15 is 0 Å². The summed E-state index contributed by atoms with van der Waals surface area (Å²) in [6.07, 6.45) is 0.708. The van der Waals surface area contributed by atoms with Crippen LogP contribution >= 0.6 is 0 Å². The van der Waals surface area contributed by atoms with Gasteiger partial charge in [-0.3, -0.25) is 4.72 Å². The van der Waals surface area contributed by atoms with Gasteiger partial charge in [0, 0.05) is 17.0 Å². The van der Waals surface area contributed by atoms with Crippen LogP contribution in [0.15, 0.2) is 40.8 Å². The van der Waals surface area contributed by atoms with Gasteiger partial charge in [-0.2, -0.15) is 0 Å². The van der Waals surface area contributed by atoms with E-state index in [4.69, 9.17) is 9.15 Å². The number of carboxylic acids is 1. The summed E-state index contributed by atoms with van der Waals surface area (Å²) in [4.78, 5) is 11.9. The molecular weight excluding hydrogens is 389 g/mol. The van der Waals surface area contributed by atoms with Gasteiger partial charge in [-0.1, -0.05) is 0 Å². The molecule has 9 heteroatoms. The molecule has 0 unspecified atom stereocenters. The first-order valence-electron chi connectivity index (χ1n) is 8.29. The summed E-state index contributed by atoms with van der Waals surface area (Å²) >= 11 is 0. The summed E-state index contributed by atoms with van der Waals surface area (Å²) < 4.78 is 50.3. The molecule has 0 atom stereocenters. The second-order valence-electron chi connectivity index (χ2n) is 6.50. The summed E-state index contributed by atoms with van der Waals surface area (Å²) in [6, 6.07) is 7.98. The summed E-state index contributed by atoms with van der Waals surface area (Å²) in [5.41, 5.74) is 0.527. The zero-order chi connectivity index (χ0) is 20.6. The highest BCUT2D eigenvalue weighted by molar-refractivity contribution is 7.92. The highest BCUT2D eigenvalue weighted by Crippen LogP contribution is 2.39. The minimum atomic E-state index is -3.61. The molecule has 2 N–H and O–H groups in total. The van der Waals surface area contributed by atoms with E-state index in [1.165, 1.54) is 36.4 Å². The molecule has 28 heavy (non-hydrogen) atoms. The van der Waals surface area contributed by atoms with Crippen LogP contribution in [0.4, 0.5) is 10.1 Å². The van der Waals surface area contributed by atoms with E-state index in [-0.39, 0.29) is 39.8 Å². The Morgan fingerprint density at radius 2 is 1.86 bits per heavy atom. The number of sulfonamides is 1. The number of aromatic carboxylic acids is 1. The first-order chi connectivity index (χ1) is 13.0. The lowest BCUT2D eigenvalue weighted by atomic mass is 10.0. The monoisotopic (exact) mass is 407 g/mol. The average Bonchev–Trinajstić information content (AvgIpc) is 2.92. The third-order valence-electron chi connectivity index (χ3n) is 3.77. The first kappa shape index (κ1) is 19.7. The fourth-order valence-corrected chi connectivity index (χ4v) is 3.33. The van der Waals surface area contributed by atoms with Gasteiger partial charge in [0.05, 0.1) is 18.0 Å². The van der Waals surface area contributed by atoms with Crippen molar-refractivity contribution in [2.24, 2.45) is 0 Å². The number of halogens is 1. The number of benzene rings is 2. The summed E-state index contributed by atoms with van der Waals surface area (Å²) in [6.45, 7) is 3.51. The number of furan rings is 1. The zero-order valence-electron chi connectivity index (χ0n) is 15.3. The number of hydrogen-bond donors (Lipinski definition) is 2. The lowest BCUT2D eigenvalue weighted by Gasteiger charge is -2.15. The van der Waals surface area contributed by atoms with Crippen LogP contribution < -0.4 is 9.46 Å². The van der Waals surface area contributed by atoms with Gasteiger partial charge in [-0.25, -0.2) is 17.6 Å². The SMILES string of the molecule is CC(C)Oc1cc2c(C(=O)O)c(-c3ccc(F)cc3)oc2cc1NS(C)(=O)=O. The molecule has 0 saturated carbocycles. The Balaban J connectivity index is 2.28. The highest BCUT2D eigenvalue weighted by Gasteiger charge is 2.24. The van der Waals surface area contributed by atoms with E-state index in [1.54, 1.807) is 13.8 Å². The van der Waals surface area contributed by atoms with Crippen molar-refractivity contribution in [2.45, 2.75) is 20.0 Å². The number of fused-ring (bicyclic) bond motifs is 1. The molecule has 0 saturated heterocycles. The quantitative estimate of drug-likeness (QED) is 0.637. The van der Waals surface area contributed by atoms with Crippen molar-refractivity contribution >= 4 is 32.6 Å². The third kappa shape index (κ3) is 4.09. The van der Waals surface area contributed by atoms with Gasteiger partial charge in [0.15, 0.2) is 0 Å². The topological polar surface area (TPSA) is 106 Å². The minimum Gasteiger partial charge on any atom is -0.489 e. The van der Waals surface area contributed by atoms with Crippen LogP contribution in [0.25, 0.3) is 22.3 Å². The van der Waals surface area contributed by atoms with Crippen LogP contribution in [0.5, 0.6) is 5.75 Å². The Kier molecular flexibility index (Phi) is 5.03. The molecule has 0 bridgehead atoms. The van der Waals surface area contributed by atoms with Crippen LogP contribution in [-0.2, 0) is 10.0 Å². The van der Waals surface area contributed by atoms with Gasteiger partial charge in [-0.05, 0) is 44.2 Å². The third-order valence-corrected chi connectivity index (χ3v) is 4.36. The van der Waals surface area contributed by atoms with Gasteiger partial charge in [-0.15, -0.1) is 0 Å². The van der Waals surface area contributed by atoms with Crippen LogP contribution in [0.1, 0.15) is 24.2 Å². The number of nitrogens with one attached hydrogen (secondary N) is 1. The van der Waals surface area contributed by atoms with Gasteiger partial charge >= 0.3 is 5.97 Å². The zero-order valence-corrected chi connectivity index (χ0v) is 16.1. The molecule has 0 amide bonds. The summed E-state index contributed by atoms with van der Waals surface area (Å²) in [5.74, 6) is -1.50. The fraction of sp³-hybridized carbons (Fsp3) is 0.211. The van der Waals surface area contributed by atoms with Gasteiger partial charge < -0.3 is 14.3 Å². The van der Waals surface area contributed by atoms with Crippen molar-refractivity contribution in [2.75, 3.05) is 11.0 Å². The Bertz CT molecular complexity index is 1150. The smallest absolute Gasteiger partial charge is 0.340 e. The van der Waals surface area contributed by atoms with Crippen molar-refractivity contribution in [1.82, 2.24) is 0 Å². The normalized spacial score (nSPS) is 11.8. The molecule has 2 aromatic carbocycles. The van der Waals surface area contributed by atoms with Crippen molar-refractivity contribution < 1.29 is 31.9 Å². The molecule has 0 aliphatic rings. The number of carboxylic acid groups (broad SMARTS) is 1. The maximum absolute atomic E-state index is 13.2. The minimum absolute atomic E-state index is 0.0366. The predicted octanol–water partition coefficient (Wildman–Crippen LogP) is 4.10. The molecule has 3 rings (SSSR count). The first-order valence-corrected chi connectivity index (χ1v) is 10.2. The average molecular weight is 407 g/mol. The van der Waals surface area contributed by atoms with Crippen molar-refractivity contribution in [3.05, 3.63) is 47.8 Å². The molecule has 0 aliphatic heterocycles. The number of rotatable bonds is 6. The Hall–Kier alpha value is -3.07. The Morgan fingerprint density at radius 1 is 1.21 bits per heavy atom. The van der Waals surface area contributed by atoms with E-state index in [2.05, 4.69) is 4.72 Å². The van der Waals surface area contributed by atoms with E-state index < -0.39 is 21.8 Å². The number of hydrogen-bond acceptors (Lipinski definition) is 5. The lowest BCUT2D eigenvalue weighted by molar-refractivity contribution is 0.0699. The summed E-state index contributed by atoms with van der Waals surface area (Å²) in [5, 5.41) is 9.95. The lowest BCUT2D eigenvalue weighted by Crippen LogP contribution is -2.13. The molecule has 1 aromatic heterocycles. The molecule has 7 nitrogen and oxygen atoms in total. The van der Waals surface area contributed by atoms with Crippen molar-refractivity contribution in [1.29, 1.82) is 0 Å². The molecule has 0 radical (unpaired) electrons. The largest absolute Gasteiger partial charge is 0.489 e. The van der Waals surface area contributed by atoms with Crippen LogP contribution in [0.2, 0.25) is 0 Å². The fourth-order valence-electron chi connectivity index (χ4n) is 2.77. The maximum Gasteiger partial charge on any atom is 0.340 e. The standard InChI is InChI=1S/C19H18FNO6S/c1-10(2)26-16-8-13-15(9-14(16)21-28(3,24)25)27-18(17(13)19(22)23)11-4-6-12(20)7-5-11/h4-10,21H,1-3H3,(H,22,23). The highest BCUT2D eigenvalue weighted by atomic mass is 32.2. The molecule has 1 heterocycles. The molecular formula is C19H18FNO6S.